The molecule has 1 aliphatic rings. The normalized spacial score (nSPS) is 16.9. The molecule has 1 aromatic heterocycles. The van der Waals surface area contributed by atoms with Gasteiger partial charge in [-0.1, -0.05) is 12.1 Å². The smallest absolute Gasteiger partial charge is 0.224 e. The quantitative estimate of drug-likeness (QED) is 0.808. The van der Waals surface area contributed by atoms with Crippen LogP contribution in [-0.2, 0) is 10.5 Å². The lowest BCUT2D eigenvalue weighted by atomic mass is 10.2. The zero-order valence-corrected chi connectivity index (χ0v) is 11.3. The number of nitrogens with zero attached hydrogens (tertiary/aromatic N) is 2. The molecule has 0 unspecified atom stereocenters. The summed E-state index contributed by atoms with van der Waals surface area (Å²) in [6.45, 7) is 1.65. The minimum Gasteiger partial charge on any atom is -0.381 e. The summed E-state index contributed by atoms with van der Waals surface area (Å²) < 4.78 is 19.2. The largest absolute Gasteiger partial charge is 0.381 e. The van der Waals surface area contributed by atoms with Gasteiger partial charge in [0, 0.05) is 18.5 Å². The lowest BCUT2D eigenvalue weighted by Gasteiger charge is -2.21. The zero-order valence-electron chi connectivity index (χ0n) is 10.5. The molecule has 1 aromatic carbocycles. The molecule has 0 radical (unpaired) electrons. The van der Waals surface area contributed by atoms with Crippen LogP contribution in [0.4, 0.5) is 4.39 Å². The third-order valence-corrected chi connectivity index (χ3v) is 4.59. The van der Waals surface area contributed by atoms with Gasteiger partial charge in [-0.05, 0) is 25.0 Å². The summed E-state index contributed by atoms with van der Waals surface area (Å²) in [6.07, 6.45) is 2.11. The standard InChI is InChI=1S/C14H15FN2OS/c15-14-11-3-1-2-4-12(11)16-13(17-14)9-19-10-5-7-18-8-6-10/h1-4,10H,5-9H2. The lowest BCUT2D eigenvalue weighted by Crippen LogP contribution is -2.17. The van der Waals surface area contributed by atoms with Crippen LogP contribution in [0.5, 0.6) is 0 Å². The Morgan fingerprint density at radius 3 is 2.84 bits per heavy atom. The van der Waals surface area contributed by atoms with Crippen LogP contribution in [-0.4, -0.2) is 28.4 Å². The fraction of sp³-hybridized carbons (Fsp3) is 0.429. The zero-order chi connectivity index (χ0) is 13.1. The van der Waals surface area contributed by atoms with Crippen LogP contribution < -0.4 is 0 Å². The van der Waals surface area contributed by atoms with Crippen LogP contribution in [0.25, 0.3) is 10.9 Å². The van der Waals surface area contributed by atoms with E-state index in [0.29, 0.717) is 27.7 Å². The van der Waals surface area contributed by atoms with Crippen LogP contribution in [0.1, 0.15) is 18.7 Å². The molecule has 19 heavy (non-hydrogen) atoms. The van der Waals surface area contributed by atoms with Crippen molar-refractivity contribution in [3.05, 3.63) is 36.0 Å². The number of aromatic nitrogens is 2. The average molecular weight is 278 g/mol. The van der Waals surface area contributed by atoms with Crippen molar-refractivity contribution in [2.75, 3.05) is 13.2 Å². The molecule has 0 saturated carbocycles. The summed E-state index contributed by atoms with van der Waals surface area (Å²) in [5, 5.41) is 1.06. The second-order valence-corrected chi connectivity index (χ2v) is 5.86. The van der Waals surface area contributed by atoms with Crippen LogP contribution >= 0.6 is 11.8 Å². The number of ether oxygens (including phenoxy) is 1. The topological polar surface area (TPSA) is 35.0 Å². The molecular formula is C14H15FN2OS. The van der Waals surface area contributed by atoms with Gasteiger partial charge in [-0.2, -0.15) is 16.2 Å². The van der Waals surface area contributed by atoms with E-state index in [1.165, 1.54) is 0 Å². The molecule has 1 saturated heterocycles. The number of hydrogen-bond acceptors (Lipinski definition) is 4. The lowest BCUT2D eigenvalue weighted by molar-refractivity contribution is 0.1000. The molecule has 0 bridgehead atoms. The fourth-order valence-electron chi connectivity index (χ4n) is 2.18. The maximum absolute atomic E-state index is 13.8. The van der Waals surface area contributed by atoms with E-state index in [9.17, 15) is 4.39 Å². The first-order chi connectivity index (χ1) is 9.33. The molecule has 3 nitrogen and oxygen atoms in total. The summed E-state index contributed by atoms with van der Waals surface area (Å²) >= 11 is 1.80. The third-order valence-electron chi connectivity index (χ3n) is 3.22. The molecule has 0 N–H and O–H groups in total. The highest BCUT2D eigenvalue weighted by molar-refractivity contribution is 7.99. The van der Waals surface area contributed by atoms with Gasteiger partial charge in [-0.3, -0.25) is 0 Å². The monoisotopic (exact) mass is 278 g/mol. The molecule has 0 amide bonds. The Bertz CT molecular complexity index is 572. The van der Waals surface area contributed by atoms with E-state index >= 15 is 0 Å². The number of hydrogen-bond donors (Lipinski definition) is 0. The van der Waals surface area contributed by atoms with E-state index in [0.717, 1.165) is 26.1 Å². The number of thioether (sulfide) groups is 1. The van der Waals surface area contributed by atoms with Crippen molar-refractivity contribution in [2.24, 2.45) is 0 Å². The number of benzene rings is 1. The molecule has 2 heterocycles. The second-order valence-electron chi connectivity index (χ2n) is 4.57. The highest BCUT2D eigenvalue weighted by Crippen LogP contribution is 2.25. The highest BCUT2D eigenvalue weighted by atomic mass is 32.2. The van der Waals surface area contributed by atoms with E-state index < -0.39 is 5.95 Å². The molecule has 2 aromatic rings. The Kier molecular flexibility index (Phi) is 3.94. The van der Waals surface area contributed by atoms with E-state index in [2.05, 4.69) is 9.97 Å². The first-order valence-corrected chi connectivity index (χ1v) is 7.48. The Balaban J connectivity index is 1.73. The van der Waals surface area contributed by atoms with Gasteiger partial charge in [0.25, 0.3) is 0 Å². The minimum absolute atomic E-state index is 0.423. The van der Waals surface area contributed by atoms with Crippen molar-refractivity contribution < 1.29 is 9.13 Å². The Labute approximate surface area is 115 Å². The number of fused-ring (bicyclic) bond motifs is 1. The molecule has 0 spiro atoms. The predicted molar refractivity (Wildman–Crippen MR) is 74.6 cm³/mol. The van der Waals surface area contributed by atoms with Gasteiger partial charge in [0.2, 0.25) is 5.95 Å². The fourth-order valence-corrected chi connectivity index (χ4v) is 3.22. The Morgan fingerprint density at radius 1 is 1.21 bits per heavy atom. The molecule has 1 fully saturated rings. The summed E-state index contributed by atoms with van der Waals surface area (Å²) in [6, 6.07) is 7.19. The van der Waals surface area contributed by atoms with Crippen LogP contribution in [0.3, 0.4) is 0 Å². The van der Waals surface area contributed by atoms with Gasteiger partial charge in [0.1, 0.15) is 5.82 Å². The van der Waals surface area contributed by atoms with Gasteiger partial charge < -0.3 is 4.74 Å². The van der Waals surface area contributed by atoms with E-state index in [1.54, 1.807) is 23.9 Å². The van der Waals surface area contributed by atoms with Crippen molar-refractivity contribution >= 4 is 22.7 Å². The summed E-state index contributed by atoms with van der Waals surface area (Å²) in [5.41, 5.74) is 0.678. The van der Waals surface area contributed by atoms with Crippen LogP contribution in [0, 0.1) is 5.95 Å². The molecule has 1 aliphatic heterocycles. The summed E-state index contributed by atoms with van der Waals surface area (Å²) in [5.74, 6) is 0.813. The molecule has 0 aliphatic carbocycles. The van der Waals surface area contributed by atoms with Crippen LogP contribution in [0.15, 0.2) is 24.3 Å². The van der Waals surface area contributed by atoms with Gasteiger partial charge in [-0.15, -0.1) is 0 Å². The molecular weight excluding hydrogens is 263 g/mol. The highest BCUT2D eigenvalue weighted by Gasteiger charge is 2.15. The van der Waals surface area contributed by atoms with Gasteiger partial charge in [0.05, 0.1) is 16.7 Å². The first kappa shape index (κ1) is 12.8. The maximum atomic E-state index is 13.8. The minimum atomic E-state index is -0.423. The van der Waals surface area contributed by atoms with E-state index in [4.69, 9.17) is 4.74 Å². The number of halogens is 1. The van der Waals surface area contributed by atoms with Crippen molar-refractivity contribution in [1.82, 2.24) is 9.97 Å². The maximum Gasteiger partial charge on any atom is 0.224 e. The van der Waals surface area contributed by atoms with Crippen molar-refractivity contribution in [2.45, 2.75) is 23.8 Å². The SMILES string of the molecule is Fc1nc(CSC2CCOCC2)nc2ccccc12. The second kappa shape index (κ2) is 5.84. The molecule has 100 valence electrons. The molecule has 5 heteroatoms. The number of rotatable bonds is 3. The van der Waals surface area contributed by atoms with Gasteiger partial charge in [-0.25, -0.2) is 9.97 Å². The van der Waals surface area contributed by atoms with Gasteiger partial charge >= 0.3 is 0 Å². The molecule has 3 rings (SSSR count). The summed E-state index contributed by atoms with van der Waals surface area (Å²) in [4.78, 5) is 8.37. The van der Waals surface area contributed by atoms with Crippen molar-refractivity contribution in [3.8, 4) is 0 Å². The van der Waals surface area contributed by atoms with Crippen molar-refractivity contribution in [1.29, 1.82) is 0 Å². The summed E-state index contributed by atoms with van der Waals surface area (Å²) in [7, 11) is 0. The Hall–Kier alpha value is -1.20. The van der Waals surface area contributed by atoms with E-state index in [1.807, 2.05) is 12.1 Å². The predicted octanol–water partition coefficient (Wildman–Crippen LogP) is 3.18. The van der Waals surface area contributed by atoms with Gasteiger partial charge in [0.15, 0.2) is 0 Å². The van der Waals surface area contributed by atoms with E-state index in [-0.39, 0.29) is 0 Å². The Morgan fingerprint density at radius 2 is 2.00 bits per heavy atom. The first-order valence-electron chi connectivity index (χ1n) is 6.43. The molecule has 0 atom stereocenters. The third kappa shape index (κ3) is 3.04. The van der Waals surface area contributed by atoms with Crippen LogP contribution in [0.2, 0.25) is 0 Å². The number of para-hydroxylation sites is 1. The van der Waals surface area contributed by atoms with Crippen molar-refractivity contribution in [3.63, 3.8) is 0 Å². The average Bonchev–Trinajstić information content (AvgIpc) is 2.46.